The highest BCUT2D eigenvalue weighted by Crippen LogP contribution is 2.21. The molecule has 1 aromatic carbocycles. The minimum Gasteiger partial charge on any atom is -0.325 e. The molecule has 16 heavy (non-hydrogen) atoms. The van der Waals surface area contributed by atoms with Gasteiger partial charge in [0.2, 0.25) is 0 Å². The Bertz CT molecular complexity index is 460. The maximum Gasteiger partial charge on any atom is 0.110 e. The maximum absolute atomic E-state index is 4.69. The van der Waals surface area contributed by atoms with E-state index in [0.717, 1.165) is 18.4 Å². The second kappa shape index (κ2) is 5.35. The average Bonchev–Trinajstić information content (AvgIpc) is 2.56. The van der Waals surface area contributed by atoms with Crippen LogP contribution in [0.1, 0.15) is 39.1 Å². The van der Waals surface area contributed by atoms with Gasteiger partial charge in [-0.3, -0.25) is 0 Å². The molecule has 0 unspecified atom stereocenters. The van der Waals surface area contributed by atoms with Crippen LogP contribution in [-0.2, 0) is 6.42 Å². The third-order valence-electron chi connectivity index (χ3n) is 2.66. The number of hydrogen-bond acceptors (Lipinski definition) is 1. The summed E-state index contributed by atoms with van der Waals surface area (Å²) in [4.78, 5) is 4.69. The first-order valence-electron chi connectivity index (χ1n) is 5.70. The Kier molecular flexibility index (Phi) is 4.36. The largest absolute Gasteiger partial charge is 0.325 e. The van der Waals surface area contributed by atoms with Crippen molar-refractivity contribution in [2.24, 2.45) is 0 Å². The smallest absolute Gasteiger partial charge is 0.110 e. The first-order chi connectivity index (χ1) is 7.24. The van der Waals surface area contributed by atoms with E-state index in [0.29, 0.717) is 6.04 Å². The zero-order valence-electron chi connectivity index (χ0n) is 10.1. The van der Waals surface area contributed by atoms with Crippen LogP contribution in [0.25, 0.3) is 11.0 Å². The summed E-state index contributed by atoms with van der Waals surface area (Å²) in [5.74, 6) is 1.22. The van der Waals surface area contributed by atoms with Gasteiger partial charge in [0, 0.05) is 12.5 Å². The Morgan fingerprint density at radius 1 is 1.25 bits per heavy atom. The fraction of sp³-hybridized carbons (Fsp3) is 0.462. The molecule has 0 saturated heterocycles. The molecule has 0 atom stereocenters. The molecule has 0 amide bonds. The number of rotatable bonds is 3. The number of para-hydroxylation sites is 2. The monoisotopic (exact) mass is 238 g/mol. The predicted octanol–water partition coefficient (Wildman–Crippen LogP) is 3.99. The van der Waals surface area contributed by atoms with Gasteiger partial charge in [-0.2, -0.15) is 0 Å². The van der Waals surface area contributed by atoms with Gasteiger partial charge in [-0.25, -0.2) is 4.98 Å². The summed E-state index contributed by atoms with van der Waals surface area (Å²) >= 11 is 0. The standard InChI is InChI=1S/C13H18N2.ClH/c1-4-7-13-14-11-8-5-6-9-12(11)15(13)10(2)3;/h5-6,8-10H,4,7H2,1-3H3;1H. The number of nitrogens with zero attached hydrogens (tertiary/aromatic N) is 2. The van der Waals surface area contributed by atoms with Crippen molar-refractivity contribution in [3.05, 3.63) is 30.1 Å². The molecular weight excluding hydrogens is 220 g/mol. The zero-order valence-corrected chi connectivity index (χ0v) is 10.9. The molecule has 0 aliphatic rings. The van der Waals surface area contributed by atoms with Crippen molar-refractivity contribution in [2.75, 3.05) is 0 Å². The van der Waals surface area contributed by atoms with E-state index in [1.54, 1.807) is 0 Å². The van der Waals surface area contributed by atoms with Crippen LogP contribution in [0.2, 0.25) is 0 Å². The molecule has 0 bridgehead atoms. The molecular formula is C13H19ClN2. The second-order valence-electron chi connectivity index (χ2n) is 4.23. The highest BCUT2D eigenvalue weighted by atomic mass is 35.5. The third kappa shape index (κ3) is 2.22. The van der Waals surface area contributed by atoms with Crippen molar-refractivity contribution in [2.45, 2.75) is 39.7 Å². The number of hydrogen-bond donors (Lipinski definition) is 0. The van der Waals surface area contributed by atoms with Crippen LogP contribution in [0, 0.1) is 0 Å². The topological polar surface area (TPSA) is 17.8 Å². The lowest BCUT2D eigenvalue weighted by atomic mass is 10.2. The third-order valence-corrected chi connectivity index (χ3v) is 2.66. The molecule has 2 aromatic rings. The van der Waals surface area contributed by atoms with Crippen molar-refractivity contribution in [3.8, 4) is 0 Å². The first kappa shape index (κ1) is 13.0. The van der Waals surface area contributed by atoms with Crippen LogP contribution in [0.15, 0.2) is 24.3 Å². The van der Waals surface area contributed by atoms with Gasteiger partial charge in [-0.1, -0.05) is 19.1 Å². The van der Waals surface area contributed by atoms with Gasteiger partial charge in [-0.15, -0.1) is 12.4 Å². The van der Waals surface area contributed by atoms with Gasteiger partial charge in [0.05, 0.1) is 11.0 Å². The Labute approximate surface area is 103 Å². The van der Waals surface area contributed by atoms with Crippen molar-refractivity contribution in [3.63, 3.8) is 0 Å². The van der Waals surface area contributed by atoms with E-state index >= 15 is 0 Å². The van der Waals surface area contributed by atoms with Crippen molar-refractivity contribution in [1.82, 2.24) is 9.55 Å². The number of aryl methyl sites for hydroxylation is 1. The molecule has 1 heterocycles. The van der Waals surface area contributed by atoms with Gasteiger partial charge in [0.1, 0.15) is 5.82 Å². The first-order valence-corrected chi connectivity index (χ1v) is 5.70. The Morgan fingerprint density at radius 2 is 1.94 bits per heavy atom. The average molecular weight is 239 g/mol. The minimum atomic E-state index is 0. The van der Waals surface area contributed by atoms with Crippen LogP contribution in [0.5, 0.6) is 0 Å². The summed E-state index contributed by atoms with van der Waals surface area (Å²) in [7, 11) is 0. The van der Waals surface area contributed by atoms with Gasteiger partial charge in [-0.05, 0) is 32.4 Å². The molecule has 3 heteroatoms. The van der Waals surface area contributed by atoms with Gasteiger partial charge < -0.3 is 4.57 Å². The Morgan fingerprint density at radius 3 is 2.56 bits per heavy atom. The van der Waals surface area contributed by atoms with Crippen molar-refractivity contribution >= 4 is 23.4 Å². The molecule has 0 fully saturated rings. The van der Waals surface area contributed by atoms with Crippen LogP contribution in [-0.4, -0.2) is 9.55 Å². The van der Waals surface area contributed by atoms with E-state index in [4.69, 9.17) is 0 Å². The summed E-state index contributed by atoms with van der Waals surface area (Å²) in [6, 6.07) is 8.86. The zero-order chi connectivity index (χ0) is 10.8. The van der Waals surface area contributed by atoms with E-state index in [1.807, 2.05) is 0 Å². The molecule has 2 nitrogen and oxygen atoms in total. The highest BCUT2D eigenvalue weighted by Gasteiger charge is 2.11. The predicted molar refractivity (Wildman–Crippen MR) is 71.4 cm³/mol. The second-order valence-corrected chi connectivity index (χ2v) is 4.23. The van der Waals surface area contributed by atoms with Gasteiger partial charge in [0.15, 0.2) is 0 Å². The minimum absolute atomic E-state index is 0. The fourth-order valence-electron chi connectivity index (χ4n) is 2.07. The fourth-order valence-corrected chi connectivity index (χ4v) is 2.07. The molecule has 0 radical (unpaired) electrons. The SMILES string of the molecule is CCCc1nc2ccccc2n1C(C)C.Cl. The highest BCUT2D eigenvalue weighted by molar-refractivity contribution is 5.85. The summed E-state index contributed by atoms with van der Waals surface area (Å²) in [6.45, 7) is 6.63. The normalized spacial score (nSPS) is 10.8. The molecule has 0 spiro atoms. The van der Waals surface area contributed by atoms with Gasteiger partial charge in [0.25, 0.3) is 0 Å². The lowest BCUT2D eigenvalue weighted by molar-refractivity contribution is 0.580. The van der Waals surface area contributed by atoms with Crippen LogP contribution in [0.3, 0.4) is 0 Å². The van der Waals surface area contributed by atoms with Gasteiger partial charge >= 0.3 is 0 Å². The van der Waals surface area contributed by atoms with Crippen molar-refractivity contribution < 1.29 is 0 Å². The molecule has 0 aliphatic carbocycles. The van der Waals surface area contributed by atoms with Crippen molar-refractivity contribution in [1.29, 1.82) is 0 Å². The molecule has 0 saturated carbocycles. The lowest BCUT2D eigenvalue weighted by Gasteiger charge is -2.12. The number of halogens is 1. The maximum atomic E-state index is 4.69. The molecule has 1 aromatic heterocycles. The number of imidazole rings is 1. The number of benzene rings is 1. The molecule has 2 rings (SSSR count). The van der Waals surface area contributed by atoms with Crippen LogP contribution in [0.4, 0.5) is 0 Å². The quantitative estimate of drug-likeness (QED) is 0.791. The summed E-state index contributed by atoms with van der Waals surface area (Å²) in [5.41, 5.74) is 2.38. The van der Waals surface area contributed by atoms with Crippen LogP contribution < -0.4 is 0 Å². The summed E-state index contributed by atoms with van der Waals surface area (Å²) < 4.78 is 2.35. The van der Waals surface area contributed by atoms with E-state index in [9.17, 15) is 0 Å². The van der Waals surface area contributed by atoms with E-state index in [1.165, 1.54) is 11.3 Å². The summed E-state index contributed by atoms with van der Waals surface area (Å²) in [6.07, 6.45) is 2.21. The molecule has 0 aliphatic heterocycles. The van der Waals surface area contributed by atoms with E-state index in [-0.39, 0.29) is 12.4 Å². The number of fused-ring (bicyclic) bond motifs is 1. The Hall–Kier alpha value is -1.02. The number of aromatic nitrogens is 2. The lowest BCUT2D eigenvalue weighted by Crippen LogP contribution is -2.05. The van der Waals surface area contributed by atoms with E-state index < -0.39 is 0 Å². The molecule has 88 valence electrons. The Balaban J connectivity index is 0.00000128. The molecule has 0 N–H and O–H groups in total. The van der Waals surface area contributed by atoms with Crippen LogP contribution >= 0.6 is 12.4 Å². The summed E-state index contributed by atoms with van der Waals surface area (Å²) in [5, 5.41) is 0. The van der Waals surface area contributed by atoms with E-state index in [2.05, 4.69) is 54.6 Å².